The van der Waals surface area contributed by atoms with E-state index in [0.29, 0.717) is 19.0 Å². The molecule has 0 fully saturated rings. The summed E-state index contributed by atoms with van der Waals surface area (Å²) < 4.78 is 1.77. The molecule has 1 rings (SSSR count). The number of amides is 1. The molecule has 1 amide bonds. The Bertz CT molecular complexity index is 332. The third kappa shape index (κ3) is 4.02. The highest BCUT2D eigenvalue weighted by molar-refractivity contribution is 5.75. The Morgan fingerprint density at radius 3 is 3.00 bits per heavy atom. The molecule has 3 N–H and O–H groups in total. The first-order chi connectivity index (χ1) is 7.63. The van der Waals surface area contributed by atoms with E-state index in [9.17, 15) is 4.79 Å². The van der Waals surface area contributed by atoms with Crippen molar-refractivity contribution >= 4 is 5.91 Å². The largest absolute Gasteiger partial charge is 0.355 e. The molecule has 0 aliphatic heterocycles. The van der Waals surface area contributed by atoms with Gasteiger partial charge in [-0.05, 0) is 12.3 Å². The van der Waals surface area contributed by atoms with E-state index >= 15 is 0 Å². The lowest BCUT2D eigenvalue weighted by Crippen LogP contribution is -2.29. The molecule has 1 aromatic heterocycles. The lowest BCUT2D eigenvalue weighted by molar-refractivity contribution is -0.121. The maximum absolute atomic E-state index is 11.6. The highest BCUT2D eigenvalue weighted by Crippen LogP contribution is 1.98. The van der Waals surface area contributed by atoms with E-state index in [-0.39, 0.29) is 5.91 Å². The standard InChI is InChI=1S/C11H20N4O/c1-9(2)3-4-14-11(16)8-15-6-5-13-10(15)7-12/h5-6,9H,3-4,7-8,12H2,1-2H3,(H,14,16). The summed E-state index contributed by atoms with van der Waals surface area (Å²) in [6.07, 6.45) is 4.42. The van der Waals surface area contributed by atoms with E-state index in [2.05, 4.69) is 24.1 Å². The normalized spacial score (nSPS) is 10.8. The molecule has 0 spiro atoms. The highest BCUT2D eigenvalue weighted by atomic mass is 16.1. The first-order valence-electron chi connectivity index (χ1n) is 5.60. The van der Waals surface area contributed by atoms with Crippen LogP contribution < -0.4 is 11.1 Å². The van der Waals surface area contributed by atoms with Crippen molar-refractivity contribution in [1.29, 1.82) is 0 Å². The number of nitrogens with one attached hydrogen (secondary N) is 1. The molecular weight excluding hydrogens is 204 g/mol. The van der Waals surface area contributed by atoms with Gasteiger partial charge in [0.25, 0.3) is 0 Å². The second kappa shape index (κ2) is 6.27. The summed E-state index contributed by atoms with van der Waals surface area (Å²) in [5, 5.41) is 2.88. The van der Waals surface area contributed by atoms with Gasteiger partial charge in [-0.15, -0.1) is 0 Å². The summed E-state index contributed by atoms with van der Waals surface area (Å²) in [4.78, 5) is 15.6. The molecule has 0 saturated carbocycles. The Balaban J connectivity index is 2.34. The predicted molar refractivity (Wildman–Crippen MR) is 62.6 cm³/mol. The van der Waals surface area contributed by atoms with Crippen LogP contribution in [0.5, 0.6) is 0 Å². The average Bonchev–Trinajstić information content (AvgIpc) is 2.64. The predicted octanol–water partition coefficient (Wildman–Crippen LogP) is 0.504. The Labute approximate surface area is 96.0 Å². The Hall–Kier alpha value is -1.36. The summed E-state index contributed by atoms with van der Waals surface area (Å²) >= 11 is 0. The monoisotopic (exact) mass is 224 g/mol. The van der Waals surface area contributed by atoms with Gasteiger partial charge < -0.3 is 15.6 Å². The number of hydrogen-bond acceptors (Lipinski definition) is 3. The van der Waals surface area contributed by atoms with Crippen LogP contribution in [0.4, 0.5) is 0 Å². The van der Waals surface area contributed by atoms with Crippen molar-refractivity contribution in [3.8, 4) is 0 Å². The van der Waals surface area contributed by atoms with Crippen molar-refractivity contribution in [3.05, 3.63) is 18.2 Å². The molecule has 0 unspecified atom stereocenters. The molecule has 0 aliphatic rings. The molecule has 90 valence electrons. The van der Waals surface area contributed by atoms with Gasteiger partial charge in [-0.1, -0.05) is 13.8 Å². The first kappa shape index (κ1) is 12.7. The van der Waals surface area contributed by atoms with E-state index in [0.717, 1.165) is 18.8 Å². The van der Waals surface area contributed by atoms with Crippen LogP contribution in [0.3, 0.4) is 0 Å². The summed E-state index contributed by atoms with van der Waals surface area (Å²) in [5.41, 5.74) is 5.50. The zero-order valence-corrected chi connectivity index (χ0v) is 9.94. The fourth-order valence-corrected chi connectivity index (χ4v) is 1.38. The number of nitrogens with zero attached hydrogens (tertiary/aromatic N) is 2. The van der Waals surface area contributed by atoms with E-state index in [1.54, 1.807) is 17.0 Å². The molecule has 0 bridgehead atoms. The van der Waals surface area contributed by atoms with Crippen LogP contribution in [-0.4, -0.2) is 22.0 Å². The lowest BCUT2D eigenvalue weighted by Gasteiger charge is -2.09. The van der Waals surface area contributed by atoms with Gasteiger partial charge in [-0.25, -0.2) is 4.98 Å². The number of carbonyl (C=O) groups excluding carboxylic acids is 1. The van der Waals surface area contributed by atoms with Gasteiger partial charge >= 0.3 is 0 Å². The first-order valence-corrected chi connectivity index (χ1v) is 5.60. The van der Waals surface area contributed by atoms with Crippen LogP contribution in [0.1, 0.15) is 26.1 Å². The molecule has 1 aromatic rings. The van der Waals surface area contributed by atoms with Crippen molar-refractivity contribution in [2.24, 2.45) is 11.7 Å². The van der Waals surface area contributed by atoms with Crippen molar-refractivity contribution < 1.29 is 4.79 Å². The quantitative estimate of drug-likeness (QED) is 0.739. The second-order valence-corrected chi connectivity index (χ2v) is 4.21. The van der Waals surface area contributed by atoms with Crippen molar-refractivity contribution in [2.75, 3.05) is 6.54 Å². The van der Waals surface area contributed by atoms with E-state index in [1.807, 2.05) is 0 Å². The Kier molecular flexibility index (Phi) is 4.98. The summed E-state index contributed by atoms with van der Waals surface area (Å²) in [6, 6.07) is 0. The van der Waals surface area contributed by atoms with Crippen LogP contribution >= 0.6 is 0 Å². The number of nitrogens with two attached hydrogens (primary N) is 1. The van der Waals surface area contributed by atoms with Crippen LogP contribution in [-0.2, 0) is 17.9 Å². The van der Waals surface area contributed by atoms with E-state index in [1.165, 1.54) is 0 Å². The Morgan fingerprint density at radius 2 is 2.38 bits per heavy atom. The summed E-state index contributed by atoms with van der Waals surface area (Å²) in [6.45, 7) is 5.64. The van der Waals surface area contributed by atoms with Crippen molar-refractivity contribution in [1.82, 2.24) is 14.9 Å². The van der Waals surface area contributed by atoms with Crippen molar-refractivity contribution in [3.63, 3.8) is 0 Å². The molecule has 5 nitrogen and oxygen atoms in total. The highest BCUT2D eigenvalue weighted by Gasteiger charge is 2.06. The minimum Gasteiger partial charge on any atom is -0.355 e. The van der Waals surface area contributed by atoms with E-state index in [4.69, 9.17) is 5.73 Å². The van der Waals surface area contributed by atoms with E-state index < -0.39 is 0 Å². The molecule has 0 radical (unpaired) electrons. The fraction of sp³-hybridized carbons (Fsp3) is 0.636. The molecule has 5 heteroatoms. The summed E-state index contributed by atoms with van der Waals surface area (Å²) in [7, 11) is 0. The van der Waals surface area contributed by atoms with Gasteiger partial charge in [-0.2, -0.15) is 0 Å². The zero-order chi connectivity index (χ0) is 12.0. The van der Waals surface area contributed by atoms with Crippen LogP contribution in [0.2, 0.25) is 0 Å². The molecule has 0 atom stereocenters. The number of carbonyl (C=O) groups is 1. The van der Waals surface area contributed by atoms with Crippen molar-refractivity contribution in [2.45, 2.75) is 33.4 Å². The smallest absolute Gasteiger partial charge is 0.239 e. The fourth-order valence-electron chi connectivity index (χ4n) is 1.38. The van der Waals surface area contributed by atoms with Crippen LogP contribution in [0.15, 0.2) is 12.4 Å². The third-order valence-electron chi connectivity index (χ3n) is 2.34. The summed E-state index contributed by atoms with van der Waals surface area (Å²) in [5.74, 6) is 1.35. The van der Waals surface area contributed by atoms with Gasteiger partial charge in [0.1, 0.15) is 12.4 Å². The van der Waals surface area contributed by atoms with Gasteiger partial charge in [0.05, 0.1) is 6.54 Å². The maximum Gasteiger partial charge on any atom is 0.239 e. The minimum absolute atomic E-state index is 0.00773. The topological polar surface area (TPSA) is 72.9 Å². The lowest BCUT2D eigenvalue weighted by atomic mass is 10.1. The molecule has 16 heavy (non-hydrogen) atoms. The molecular formula is C11H20N4O. The molecule has 0 aromatic carbocycles. The molecule has 0 saturated heterocycles. The van der Waals surface area contributed by atoms with Gasteiger partial charge in [0.15, 0.2) is 0 Å². The number of imidazole rings is 1. The van der Waals surface area contributed by atoms with Gasteiger partial charge in [0, 0.05) is 18.9 Å². The zero-order valence-electron chi connectivity index (χ0n) is 9.94. The SMILES string of the molecule is CC(C)CCNC(=O)Cn1ccnc1CN. The third-order valence-corrected chi connectivity index (χ3v) is 2.34. The molecule has 1 heterocycles. The number of rotatable bonds is 6. The van der Waals surface area contributed by atoms with Crippen LogP contribution in [0, 0.1) is 5.92 Å². The number of hydrogen-bond donors (Lipinski definition) is 2. The van der Waals surface area contributed by atoms with Gasteiger partial charge in [-0.3, -0.25) is 4.79 Å². The average molecular weight is 224 g/mol. The minimum atomic E-state index is 0.00773. The molecule has 0 aliphatic carbocycles. The Morgan fingerprint density at radius 1 is 1.62 bits per heavy atom. The number of aromatic nitrogens is 2. The second-order valence-electron chi connectivity index (χ2n) is 4.21. The maximum atomic E-state index is 11.6. The van der Waals surface area contributed by atoms with Crippen LogP contribution in [0.25, 0.3) is 0 Å². The van der Waals surface area contributed by atoms with Gasteiger partial charge in [0.2, 0.25) is 5.91 Å².